The zero-order chi connectivity index (χ0) is 26.9. The SMILES string of the molecule is CCCNC(=O)N(CC(=O)N1CCN(c2ccc(-c3ccc(OC)c(OC)c3)nn2)CC1)C[C@H]1CCCO1. The summed E-state index contributed by atoms with van der Waals surface area (Å²) >= 11 is 0. The van der Waals surface area contributed by atoms with Gasteiger partial charge in [-0.3, -0.25) is 4.79 Å². The van der Waals surface area contributed by atoms with Crippen molar-refractivity contribution in [2.75, 3.05) is 71.5 Å². The first-order chi connectivity index (χ1) is 18.5. The third-order valence-electron chi connectivity index (χ3n) is 6.87. The van der Waals surface area contributed by atoms with Crippen LogP contribution in [0.3, 0.4) is 0 Å². The lowest BCUT2D eigenvalue weighted by molar-refractivity contribution is -0.132. The summed E-state index contributed by atoms with van der Waals surface area (Å²) in [6.45, 7) is 6.18. The molecular weight excluding hydrogens is 488 g/mol. The summed E-state index contributed by atoms with van der Waals surface area (Å²) in [4.78, 5) is 31.3. The Bertz CT molecular complexity index is 1070. The van der Waals surface area contributed by atoms with Crippen molar-refractivity contribution in [3.8, 4) is 22.8 Å². The lowest BCUT2D eigenvalue weighted by atomic mass is 10.1. The first-order valence-corrected chi connectivity index (χ1v) is 13.3. The fourth-order valence-corrected chi connectivity index (χ4v) is 4.69. The summed E-state index contributed by atoms with van der Waals surface area (Å²) < 4.78 is 16.4. The Balaban J connectivity index is 1.32. The molecule has 11 nitrogen and oxygen atoms in total. The Kier molecular flexibility index (Phi) is 9.58. The summed E-state index contributed by atoms with van der Waals surface area (Å²) in [6.07, 6.45) is 2.74. The predicted octanol–water partition coefficient (Wildman–Crippen LogP) is 2.41. The van der Waals surface area contributed by atoms with Gasteiger partial charge in [0.1, 0.15) is 6.54 Å². The molecule has 0 saturated carbocycles. The van der Waals surface area contributed by atoms with Crippen LogP contribution in [0.5, 0.6) is 11.5 Å². The van der Waals surface area contributed by atoms with E-state index in [0.717, 1.165) is 36.3 Å². The molecule has 3 heterocycles. The number of ether oxygens (including phenoxy) is 3. The molecule has 2 aliphatic rings. The molecule has 1 N–H and O–H groups in total. The molecule has 1 aromatic heterocycles. The lowest BCUT2D eigenvalue weighted by Crippen LogP contribution is -2.54. The number of nitrogens with one attached hydrogen (secondary N) is 1. The van der Waals surface area contributed by atoms with Gasteiger partial charge in [-0.05, 0) is 49.6 Å². The Labute approximate surface area is 224 Å². The number of nitrogens with zero attached hydrogens (tertiary/aromatic N) is 5. The molecule has 0 bridgehead atoms. The number of hydrogen-bond donors (Lipinski definition) is 1. The molecule has 2 aliphatic heterocycles. The third kappa shape index (κ3) is 6.83. The molecule has 1 atom stereocenters. The highest BCUT2D eigenvalue weighted by molar-refractivity contribution is 5.84. The van der Waals surface area contributed by atoms with Gasteiger partial charge in [-0.2, -0.15) is 0 Å². The van der Waals surface area contributed by atoms with E-state index in [2.05, 4.69) is 20.4 Å². The molecular formula is C27H38N6O5. The van der Waals surface area contributed by atoms with Crippen LogP contribution in [-0.4, -0.2) is 105 Å². The van der Waals surface area contributed by atoms with E-state index in [-0.39, 0.29) is 24.6 Å². The Morgan fingerprint density at radius 1 is 1.08 bits per heavy atom. The summed E-state index contributed by atoms with van der Waals surface area (Å²) in [7, 11) is 3.20. The molecule has 2 saturated heterocycles. The van der Waals surface area contributed by atoms with E-state index in [1.54, 1.807) is 19.1 Å². The highest BCUT2D eigenvalue weighted by atomic mass is 16.5. The van der Waals surface area contributed by atoms with Crippen LogP contribution in [0.15, 0.2) is 30.3 Å². The largest absolute Gasteiger partial charge is 0.493 e. The number of hydrogen-bond acceptors (Lipinski definition) is 8. The quantitative estimate of drug-likeness (QED) is 0.503. The van der Waals surface area contributed by atoms with Crippen LogP contribution in [0.1, 0.15) is 26.2 Å². The van der Waals surface area contributed by atoms with Crippen molar-refractivity contribution in [3.63, 3.8) is 0 Å². The summed E-state index contributed by atoms with van der Waals surface area (Å²) in [5, 5.41) is 11.7. The van der Waals surface area contributed by atoms with Crippen LogP contribution in [0.25, 0.3) is 11.3 Å². The maximum Gasteiger partial charge on any atom is 0.317 e. The van der Waals surface area contributed by atoms with E-state index in [4.69, 9.17) is 14.2 Å². The van der Waals surface area contributed by atoms with Crippen LogP contribution >= 0.6 is 0 Å². The number of carbonyl (C=O) groups excluding carboxylic acids is 2. The van der Waals surface area contributed by atoms with Crippen LogP contribution < -0.4 is 19.7 Å². The van der Waals surface area contributed by atoms with Crippen LogP contribution in [0.2, 0.25) is 0 Å². The average molecular weight is 527 g/mol. The van der Waals surface area contributed by atoms with Gasteiger partial charge < -0.3 is 34.2 Å². The molecule has 4 rings (SSSR count). The normalized spacial score (nSPS) is 17.3. The van der Waals surface area contributed by atoms with E-state index in [0.29, 0.717) is 57.4 Å². The van der Waals surface area contributed by atoms with E-state index in [1.165, 1.54) is 0 Å². The molecule has 2 aromatic rings. The molecule has 1 aromatic carbocycles. The Hall–Kier alpha value is -3.60. The first kappa shape index (κ1) is 27.4. The van der Waals surface area contributed by atoms with Crippen molar-refractivity contribution in [1.82, 2.24) is 25.3 Å². The Morgan fingerprint density at radius 2 is 1.87 bits per heavy atom. The minimum absolute atomic E-state index is 0.00688. The van der Waals surface area contributed by atoms with Crippen molar-refractivity contribution in [3.05, 3.63) is 30.3 Å². The number of urea groups is 1. The first-order valence-electron chi connectivity index (χ1n) is 13.3. The van der Waals surface area contributed by atoms with Gasteiger partial charge in [-0.1, -0.05) is 6.92 Å². The van der Waals surface area contributed by atoms with E-state index < -0.39 is 0 Å². The monoisotopic (exact) mass is 526 g/mol. The molecule has 0 spiro atoms. The number of anilines is 1. The second-order valence-electron chi connectivity index (χ2n) is 9.46. The standard InChI is InChI=1S/C27H38N6O5/c1-4-11-28-27(35)33(18-21-6-5-16-38-21)19-26(34)32-14-12-31(13-15-32)25-10-8-22(29-30-25)20-7-9-23(36-2)24(17-20)37-3/h7-10,17,21H,4-6,11-16,18-19H2,1-3H3,(H,28,35)/t21-/m1/s1. The molecule has 3 amide bonds. The van der Waals surface area contributed by atoms with E-state index in [9.17, 15) is 9.59 Å². The topological polar surface area (TPSA) is 109 Å². The van der Waals surface area contributed by atoms with Crippen LogP contribution in [0, 0.1) is 0 Å². The molecule has 0 unspecified atom stereocenters. The highest BCUT2D eigenvalue weighted by Crippen LogP contribution is 2.31. The lowest BCUT2D eigenvalue weighted by Gasteiger charge is -2.36. The second-order valence-corrected chi connectivity index (χ2v) is 9.46. The number of rotatable bonds is 10. The molecule has 0 aliphatic carbocycles. The number of aromatic nitrogens is 2. The fraction of sp³-hybridized carbons (Fsp3) is 0.556. The van der Waals surface area contributed by atoms with E-state index >= 15 is 0 Å². The summed E-state index contributed by atoms with van der Waals surface area (Å²) in [5.74, 6) is 2.00. The minimum Gasteiger partial charge on any atom is -0.493 e. The second kappa shape index (κ2) is 13.3. The predicted molar refractivity (Wildman–Crippen MR) is 144 cm³/mol. The smallest absolute Gasteiger partial charge is 0.317 e. The maximum absolute atomic E-state index is 13.1. The van der Waals surface area contributed by atoms with Gasteiger partial charge in [-0.25, -0.2) is 4.79 Å². The summed E-state index contributed by atoms with van der Waals surface area (Å²) in [5.41, 5.74) is 1.61. The van der Waals surface area contributed by atoms with E-state index in [1.807, 2.05) is 42.2 Å². The maximum atomic E-state index is 13.1. The van der Waals surface area contributed by atoms with Crippen molar-refractivity contribution in [2.45, 2.75) is 32.3 Å². The molecule has 206 valence electrons. The van der Waals surface area contributed by atoms with Gasteiger partial charge >= 0.3 is 6.03 Å². The fourth-order valence-electron chi connectivity index (χ4n) is 4.69. The highest BCUT2D eigenvalue weighted by Gasteiger charge is 2.28. The van der Waals surface area contributed by atoms with Gasteiger partial charge in [-0.15, -0.1) is 10.2 Å². The average Bonchev–Trinajstić information content (AvgIpc) is 3.48. The third-order valence-corrected chi connectivity index (χ3v) is 6.87. The van der Waals surface area contributed by atoms with Gasteiger partial charge in [0, 0.05) is 51.4 Å². The van der Waals surface area contributed by atoms with Gasteiger partial charge in [0.05, 0.1) is 26.0 Å². The summed E-state index contributed by atoms with van der Waals surface area (Å²) in [6, 6.07) is 9.29. The van der Waals surface area contributed by atoms with Crippen molar-refractivity contribution < 1.29 is 23.8 Å². The van der Waals surface area contributed by atoms with Gasteiger partial charge in [0.2, 0.25) is 5.91 Å². The number of piperazine rings is 1. The van der Waals surface area contributed by atoms with Crippen LogP contribution in [-0.2, 0) is 9.53 Å². The van der Waals surface area contributed by atoms with Crippen molar-refractivity contribution in [2.24, 2.45) is 0 Å². The molecule has 38 heavy (non-hydrogen) atoms. The van der Waals surface area contributed by atoms with Crippen molar-refractivity contribution >= 4 is 17.8 Å². The van der Waals surface area contributed by atoms with Gasteiger partial charge in [0.15, 0.2) is 17.3 Å². The number of amides is 3. The van der Waals surface area contributed by atoms with Gasteiger partial charge in [0.25, 0.3) is 0 Å². The zero-order valence-corrected chi connectivity index (χ0v) is 22.5. The molecule has 2 fully saturated rings. The van der Waals surface area contributed by atoms with Crippen molar-refractivity contribution in [1.29, 1.82) is 0 Å². The zero-order valence-electron chi connectivity index (χ0n) is 22.5. The molecule has 0 radical (unpaired) electrons. The number of carbonyl (C=O) groups is 2. The number of benzene rings is 1. The Morgan fingerprint density at radius 3 is 2.50 bits per heavy atom. The number of methoxy groups -OCH3 is 2. The van der Waals surface area contributed by atoms with Crippen LogP contribution in [0.4, 0.5) is 10.6 Å². The molecule has 11 heteroatoms. The minimum atomic E-state index is -0.209.